The number of aromatic nitrogens is 2. The molecular formula is C22H31Cl2N5. The molecule has 2 aliphatic carbocycles. The summed E-state index contributed by atoms with van der Waals surface area (Å²) in [6.45, 7) is 6.24. The third kappa shape index (κ3) is 4.79. The lowest BCUT2D eigenvalue weighted by atomic mass is 9.78. The quantitative estimate of drug-likeness (QED) is 0.784. The Morgan fingerprint density at radius 1 is 0.862 bits per heavy atom. The fourth-order valence-corrected chi connectivity index (χ4v) is 4.22. The van der Waals surface area contributed by atoms with Crippen molar-refractivity contribution in [2.45, 2.75) is 50.5 Å². The van der Waals surface area contributed by atoms with Gasteiger partial charge in [0.05, 0.1) is 0 Å². The Bertz CT molecular complexity index is 810. The number of hydrogen-bond donors (Lipinski definition) is 1. The molecule has 0 bridgehead atoms. The Labute approximate surface area is 185 Å². The fraction of sp³-hybridized carbons (Fsp3) is 0.545. The molecule has 2 saturated carbocycles. The zero-order valence-corrected chi connectivity index (χ0v) is 18.6. The predicted octanol–water partition coefficient (Wildman–Crippen LogP) is 4.04. The molecule has 0 spiro atoms. The molecule has 5 nitrogen and oxygen atoms in total. The summed E-state index contributed by atoms with van der Waals surface area (Å²) in [6.07, 6.45) is 4.63. The number of aryl methyl sites for hydroxylation is 1. The third-order valence-corrected chi connectivity index (χ3v) is 6.29. The maximum atomic E-state index is 6.02. The minimum absolute atomic E-state index is 0. The highest BCUT2D eigenvalue weighted by atomic mass is 35.5. The molecule has 0 atom stereocenters. The van der Waals surface area contributed by atoms with Crippen LogP contribution in [0.4, 0.5) is 11.5 Å². The fourth-order valence-electron chi connectivity index (χ4n) is 4.22. The molecule has 7 heteroatoms. The Hall–Kier alpha value is -1.56. The molecule has 0 unspecified atom stereocenters. The van der Waals surface area contributed by atoms with E-state index in [2.05, 4.69) is 47.1 Å². The first-order valence-corrected chi connectivity index (χ1v) is 10.4. The molecule has 3 aliphatic rings. The molecule has 29 heavy (non-hydrogen) atoms. The Morgan fingerprint density at radius 2 is 1.48 bits per heavy atom. The molecule has 1 aromatic heterocycles. The molecule has 0 amide bonds. The van der Waals surface area contributed by atoms with Crippen molar-refractivity contribution in [2.75, 3.05) is 36.0 Å². The van der Waals surface area contributed by atoms with Crippen LogP contribution < -0.4 is 15.5 Å². The van der Waals surface area contributed by atoms with Crippen LogP contribution in [-0.4, -0.2) is 42.2 Å². The number of rotatable bonds is 4. The zero-order valence-electron chi connectivity index (χ0n) is 17.0. The Morgan fingerprint density at radius 3 is 2.07 bits per heavy atom. The molecule has 2 aromatic rings. The second-order valence-electron chi connectivity index (χ2n) is 8.52. The van der Waals surface area contributed by atoms with Crippen molar-refractivity contribution in [2.24, 2.45) is 5.73 Å². The predicted molar refractivity (Wildman–Crippen MR) is 124 cm³/mol. The largest absolute Gasteiger partial charge is 0.368 e. The molecule has 158 valence electrons. The van der Waals surface area contributed by atoms with E-state index in [1.165, 1.54) is 29.8 Å². The molecule has 2 heterocycles. The third-order valence-electron chi connectivity index (χ3n) is 6.29. The maximum absolute atomic E-state index is 6.02. The van der Waals surface area contributed by atoms with E-state index in [1.54, 1.807) is 0 Å². The van der Waals surface area contributed by atoms with E-state index in [9.17, 15) is 0 Å². The highest BCUT2D eigenvalue weighted by Crippen LogP contribution is 2.41. The number of piperazine rings is 1. The van der Waals surface area contributed by atoms with Gasteiger partial charge in [0.1, 0.15) is 11.6 Å². The minimum atomic E-state index is 0. The lowest BCUT2D eigenvalue weighted by molar-refractivity contribution is 0.344. The van der Waals surface area contributed by atoms with Gasteiger partial charge in [0.2, 0.25) is 0 Å². The number of halogens is 2. The van der Waals surface area contributed by atoms with Gasteiger partial charge in [-0.2, -0.15) is 0 Å². The van der Waals surface area contributed by atoms with Gasteiger partial charge >= 0.3 is 0 Å². The molecule has 1 saturated heterocycles. The number of hydrogen-bond acceptors (Lipinski definition) is 5. The number of benzene rings is 1. The van der Waals surface area contributed by atoms with Crippen LogP contribution in [0.5, 0.6) is 0 Å². The molecular weight excluding hydrogens is 405 g/mol. The van der Waals surface area contributed by atoms with E-state index >= 15 is 0 Å². The maximum Gasteiger partial charge on any atom is 0.134 e. The molecule has 5 rings (SSSR count). The SMILES string of the molecule is Cc1ccc(N2CCN(c3cc(C4CC(N)C4)nc(C4CC4)n3)CC2)cc1.Cl.Cl. The lowest BCUT2D eigenvalue weighted by Crippen LogP contribution is -2.47. The number of anilines is 2. The van der Waals surface area contributed by atoms with Gasteiger partial charge in [-0.3, -0.25) is 0 Å². The second-order valence-corrected chi connectivity index (χ2v) is 8.52. The minimum Gasteiger partial charge on any atom is -0.368 e. The van der Waals surface area contributed by atoms with Crippen molar-refractivity contribution < 1.29 is 0 Å². The molecule has 1 aromatic carbocycles. The van der Waals surface area contributed by atoms with Gasteiger partial charge in [-0.1, -0.05) is 17.7 Å². The van der Waals surface area contributed by atoms with Gasteiger partial charge in [-0.05, 0) is 44.7 Å². The van der Waals surface area contributed by atoms with Crippen molar-refractivity contribution >= 4 is 36.3 Å². The van der Waals surface area contributed by atoms with Crippen LogP contribution in [0.2, 0.25) is 0 Å². The van der Waals surface area contributed by atoms with Gasteiger partial charge < -0.3 is 15.5 Å². The average Bonchev–Trinajstić information content (AvgIpc) is 3.51. The number of nitrogens with two attached hydrogens (primary N) is 1. The highest BCUT2D eigenvalue weighted by Gasteiger charge is 2.33. The van der Waals surface area contributed by atoms with E-state index < -0.39 is 0 Å². The van der Waals surface area contributed by atoms with Gasteiger partial charge in [0.15, 0.2) is 0 Å². The van der Waals surface area contributed by atoms with Gasteiger partial charge in [0, 0.05) is 61.5 Å². The summed E-state index contributed by atoms with van der Waals surface area (Å²) in [4.78, 5) is 14.8. The highest BCUT2D eigenvalue weighted by molar-refractivity contribution is 5.85. The lowest BCUT2D eigenvalue weighted by Gasteiger charge is -2.37. The smallest absolute Gasteiger partial charge is 0.134 e. The van der Waals surface area contributed by atoms with Crippen LogP contribution in [0.25, 0.3) is 0 Å². The van der Waals surface area contributed by atoms with Crippen LogP contribution in [0.15, 0.2) is 30.3 Å². The van der Waals surface area contributed by atoms with Crippen LogP contribution in [0.1, 0.15) is 54.6 Å². The van der Waals surface area contributed by atoms with E-state index in [0.717, 1.165) is 50.7 Å². The van der Waals surface area contributed by atoms with Crippen molar-refractivity contribution in [3.63, 3.8) is 0 Å². The van der Waals surface area contributed by atoms with Crippen LogP contribution >= 0.6 is 24.8 Å². The summed E-state index contributed by atoms with van der Waals surface area (Å²) in [6, 6.07) is 11.5. The summed E-state index contributed by atoms with van der Waals surface area (Å²) >= 11 is 0. The van der Waals surface area contributed by atoms with E-state index in [0.29, 0.717) is 17.9 Å². The van der Waals surface area contributed by atoms with Gasteiger partial charge in [0.25, 0.3) is 0 Å². The molecule has 1 aliphatic heterocycles. The molecule has 2 N–H and O–H groups in total. The summed E-state index contributed by atoms with van der Waals surface area (Å²) in [5.41, 5.74) is 9.88. The molecule has 0 radical (unpaired) electrons. The summed E-state index contributed by atoms with van der Waals surface area (Å²) in [7, 11) is 0. The van der Waals surface area contributed by atoms with Crippen molar-refractivity contribution in [1.29, 1.82) is 0 Å². The van der Waals surface area contributed by atoms with Gasteiger partial charge in [-0.25, -0.2) is 9.97 Å². The first-order chi connectivity index (χ1) is 13.2. The van der Waals surface area contributed by atoms with Crippen LogP contribution in [0.3, 0.4) is 0 Å². The summed E-state index contributed by atoms with van der Waals surface area (Å²) < 4.78 is 0. The van der Waals surface area contributed by atoms with Crippen molar-refractivity contribution in [3.8, 4) is 0 Å². The zero-order chi connectivity index (χ0) is 18.4. The van der Waals surface area contributed by atoms with Gasteiger partial charge in [-0.15, -0.1) is 24.8 Å². The molecule has 3 fully saturated rings. The Balaban J connectivity index is 0.00000120. The first kappa shape index (κ1) is 22.1. The van der Waals surface area contributed by atoms with Crippen molar-refractivity contribution in [1.82, 2.24) is 9.97 Å². The van der Waals surface area contributed by atoms with E-state index in [-0.39, 0.29) is 24.8 Å². The Kier molecular flexibility index (Phi) is 6.92. The van der Waals surface area contributed by atoms with Crippen LogP contribution in [-0.2, 0) is 0 Å². The van der Waals surface area contributed by atoms with E-state index in [4.69, 9.17) is 15.7 Å². The standard InChI is InChI=1S/C22H29N5.2ClH/c1-15-2-6-19(7-3-15)26-8-10-27(11-9-26)21-14-20(17-12-18(23)13-17)24-22(25-21)16-4-5-16;;/h2-3,6-7,14,16-18H,4-5,8-13,23H2,1H3;2*1H. The first-order valence-electron chi connectivity index (χ1n) is 10.4. The second kappa shape index (κ2) is 9.07. The average molecular weight is 436 g/mol. The summed E-state index contributed by atoms with van der Waals surface area (Å²) in [5.74, 6) is 3.33. The van der Waals surface area contributed by atoms with Crippen LogP contribution in [0, 0.1) is 6.92 Å². The summed E-state index contributed by atoms with van der Waals surface area (Å²) in [5, 5.41) is 0. The monoisotopic (exact) mass is 435 g/mol. The van der Waals surface area contributed by atoms with E-state index in [1.807, 2.05) is 0 Å². The number of nitrogens with zero attached hydrogens (tertiary/aromatic N) is 4. The topological polar surface area (TPSA) is 58.3 Å². The van der Waals surface area contributed by atoms with Crippen molar-refractivity contribution in [3.05, 3.63) is 47.4 Å². The normalized spacial score (nSPS) is 23.7.